The fraction of sp³-hybridized carbons (Fsp3) is 1.00. The van der Waals surface area contributed by atoms with Gasteiger partial charge in [-0.2, -0.15) is 8.78 Å². The van der Waals surface area contributed by atoms with E-state index in [0.29, 0.717) is 0 Å². The van der Waals surface area contributed by atoms with Crippen LogP contribution in [-0.2, 0) is 4.74 Å². The standard InChI is InChI=1S/C4H3ClF6O/c5-1(6)2(7)12-4(10,11)3(8)9/h1-3H. The molecule has 0 N–H and O–H groups in total. The number of alkyl halides is 7. The van der Waals surface area contributed by atoms with Crippen LogP contribution in [0.5, 0.6) is 0 Å². The van der Waals surface area contributed by atoms with E-state index >= 15 is 0 Å². The molecule has 0 aliphatic heterocycles. The van der Waals surface area contributed by atoms with Crippen LogP contribution >= 0.6 is 11.6 Å². The molecule has 0 heterocycles. The lowest BCUT2D eigenvalue weighted by Crippen LogP contribution is -2.35. The van der Waals surface area contributed by atoms with E-state index in [1.54, 1.807) is 0 Å². The Bertz CT molecular complexity index is 140. The Hall–Kier alpha value is -0.170. The molecule has 0 rings (SSSR count). The summed E-state index contributed by atoms with van der Waals surface area (Å²) in [6, 6.07) is 0. The molecule has 0 aliphatic rings. The lowest BCUT2D eigenvalue weighted by molar-refractivity contribution is -0.340. The molecule has 0 radical (unpaired) electrons. The molecule has 0 amide bonds. The smallest absolute Gasteiger partial charge is 0.277 e. The van der Waals surface area contributed by atoms with Crippen LogP contribution in [0.3, 0.4) is 0 Å². The summed E-state index contributed by atoms with van der Waals surface area (Å²) >= 11 is 4.29. The van der Waals surface area contributed by atoms with Gasteiger partial charge in [0.25, 0.3) is 0 Å². The molecule has 2 unspecified atom stereocenters. The van der Waals surface area contributed by atoms with Gasteiger partial charge in [0.2, 0.25) is 12.0 Å². The first-order chi connectivity index (χ1) is 5.27. The summed E-state index contributed by atoms with van der Waals surface area (Å²) in [4.78, 5) is 0. The molecular weight excluding hydrogens is 213 g/mol. The maximum absolute atomic E-state index is 11.8. The van der Waals surface area contributed by atoms with Crippen molar-refractivity contribution >= 4 is 11.6 Å². The second-order valence-electron chi connectivity index (χ2n) is 1.67. The van der Waals surface area contributed by atoms with Crippen molar-refractivity contribution in [3.8, 4) is 0 Å². The maximum Gasteiger partial charge on any atom is 0.419 e. The Morgan fingerprint density at radius 1 is 1.08 bits per heavy atom. The van der Waals surface area contributed by atoms with Gasteiger partial charge in [-0.1, -0.05) is 11.6 Å². The first-order valence-electron chi connectivity index (χ1n) is 2.53. The van der Waals surface area contributed by atoms with Crippen LogP contribution in [0.1, 0.15) is 0 Å². The highest BCUT2D eigenvalue weighted by atomic mass is 35.5. The Balaban J connectivity index is 4.05. The van der Waals surface area contributed by atoms with Crippen molar-refractivity contribution < 1.29 is 31.1 Å². The van der Waals surface area contributed by atoms with E-state index < -0.39 is 24.5 Å². The molecule has 0 saturated carbocycles. The van der Waals surface area contributed by atoms with Gasteiger partial charge in [-0.3, -0.25) is 4.74 Å². The van der Waals surface area contributed by atoms with E-state index in [1.165, 1.54) is 0 Å². The van der Waals surface area contributed by atoms with E-state index in [2.05, 4.69) is 16.3 Å². The molecule has 12 heavy (non-hydrogen) atoms. The Morgan fingerprint density at radius 2 is 1.50 bits per heavy atom. The minimum absolute atomic E-state index is 2.70. The van der Waals surface area contributed by atoms with Crippen LogP contribution in [0.2, 0.25) is 0 Å². The third kappa shape index (κ3) is 3.48. The second-order valence-corrected chi connectivity index (χ2v) is 2.08. The highest BCUT2D eigenvalue weighted by Crippen LogP contribution is 2.28. The van der Waals surface area contributed by atoms with E-state index in [9.17, 15) is 26.3 Å². The fourth-order valence-electron chi connectivity index (χ4n) is 0.253. The predicted molar refractivity (Wildman–Crippen MR) is 27.7 cm³/mol. The van der Waals surface area contributed by atoms with E-state index in [1.807, 2.05) is 0 Å². The highest BCUT2D eigenvalue weighted by molar-refractivity contribution is 6.19. The van der Waals surface area contributed by atoms with Crippen LogP contribution in [0.4, 0.5) is 26.3 Å². The second kappa shape index (κ2) is 4.18. The molecule has 2 atom stereocenters. The van der Waals surface area contributed by atoms with Gasteiger partial charge in [-0.25, -0.2) is 17.6 Å². The van der Waals surface area contributed by atoms with E-state index in [0.717, 1.165) is 0 Å². The molecule has 0 saturated heterocycles. The topological polar surface area (TPSA) is 9.23 Å². The minimum atomic E-state index is -5.03. The summed E-state index contributed by atoms with van der Waals surface area (Å²) in [6.45, 7) is 0. The number of hydrogen-bond donors (Lipinski definition) is 0. The fourth-order valence-corrected chi connectivity index (χ4v) is 0.304. The molecule has 0 aliphatic carbocycles. The number of hydrogen-bond acceptors (Lipinski definition) is 1. The first-order valence-corrected chi connectivity index (χ1v) is 2.97. The van der Waals surface area contributed by atoms with Crippen molar-refractivity contribution in [3.63, 3.8) is 0 Å². The average molecular weight is 217 g/mol. The Morgan fingerprint density at radius 3 is 1.75 bits per heavy atom. The molecule has 0 fully saturated rings. The lowest BCUT2D eigenvalue weighted by atomic mass is 10.6. The first kappa shape index (κ1) is 11.8. The zero-order valence-electron chi connectivity index (χ0n) is 5.29. The molecule has 74 valence electrons. The van der Waals surface area contributed by atoms with Crippen molar-refractivity contribution in [1.82, 2.24) is 0 Å². The van der Waals surface area contributed by atoms with Crippen LogP contribution in [0.15, 0.2) is 0 Å². The maximum atomic E-state index is 11.8. The summed E-state index contributed by atoms with van der Waals surface area (Å²) in [7, 11) is 0. The van der Waals surface area contributed by atoms with Crippen molar-refractivity contribution in [2.75, 3.05) is 0 Å². The monoisotopic (exact) mass is 216 g/mol. The molecular formula is C4H3ClF6O. The van der Waals surface area contributed by atoms with Gasteiger partial charge < -0.3 is 0 Å². The quantitative estimate of drug-likeness (QED) is 0.519. The Kier molecular flexibility index (Phi) is 4.12. The summed E-state index contributed by atoms with van der Waals surface area (Å²) < 4.78 is 72.0. The van der Waals surface area contributed by atoms with Crippen molar-refractivity contribution in [3.05, 3.63) is 0 Å². The zero-order chi connectivity index (χ0) is 9.94. The van der Waals surface area contributed by atoms with Gasteiger partial charge in [0.1, 0.15) is 0 Å². The average Bonchev–Trinajstić information content (AvgIpc) is 1.85. The highest BCUT2D eigenvalue weighted by Gasteiger charge is 2.46. The molecule has 0 aromatic rings. The van der Waals surface area contributed by atoms with Gasteiger partial charge in [0.05, 0.1) is 0 Å². The van der Waals surface area contributed by atoms with Crippen LogP contribution in [0, 0.1) is 0 Å². The largest absolute Gasteiger partial charge is 0.419 e. The molecule has 0 bridgehead atoms. The number of rotatable bonds is 4. The van der Waals surface area contributed by atoms with E-state index in [-0.39, 0.29) is 0 Å². The third-order valence-corrected chi connectivity index (χ3v) is 0.920. The lowest BCUT2D eigenvalue weighted by Gasteiger charge is -2.18. The zero-order valence-corrected chi connectivity index (χ0v) is 6.04. The molecule has 0 aromatic heterocycles. The van der Waals surface area contributed by atoms with E-state index in [4.69, 9.17) is 0 Å². The van der Waals surface area contributed by atoms with Gasteiger partial charge in [0.15, 0.2) is 0 Å². The normalized spacial score (nSPS) is 18.0. The summed E-state index contributed by atoms with van der Waals surface area (Å²) in [6.07, 6.45) is -12.5. The summed E-state index contributed by atoms with van der Waals surface area (Å²) in [5.41, 5.74) is -2.91. The van der Waals surface area contributed by atoms with Gasteiger partial charge >= 0.3 is 12.5 Å². The van der Waals surface area contributed by atoms with Crippen molar-refractivity contribution in [2.24, 2.45) is 0 Å². The van der Waals surface area contributed by atoms with Gasteiger partial charge in [-0.05, 0) is 0 Å². The predicted octanol–water partition coefficient (Wildman–Crippen LogP) is 2.69. The number of halogens is 7. The molecule has 0 spiro atoms. The minimum Gasteiger partial charge on any atom is -0.277 e. The van der Waals surface area contributed by atoms with Crippen LogP contribution in [0.25, 0.3) is 0 Å². The summed E-state index contributed by atoms with van der Waals surface area (Å²) in [5, 5.41) is 0. The summed E-state index contributed by atoms with van der Waals surface area (Å²) in [5.74, 6) is 0. The molecule has 1 nitrogen and oxygen atoms in total. The molecule has 0 aromatic carbocycles. The van der Waals surface area contributed by atoms with Crippen molar-refractivity contribution in [1.29, 1.82) is 0 Å². The van der Waals surface area contributed by atoms with Crippen LogP contribution < -0.4 is 0 Å². The SMILES string of the molecule is FC(Cl)C(F)OC(F)(F)C(F)F. The molecule has 8 heteroatoms. The number of ether oxygens (including phenoxy) is 1. The third-order valence-electron chi connectivity index (χ3n) is 0.722. The van der Waals surface area contributed by atoms with Crippen molar-refractivity contribution in [2.45, 2.75) is 24.5 Å². The van der Waals surface area contributed by atoms with Crippen LogP contribution in [-0.4, -0.2) is 24.5 Å². The van der Waals surface area contributed by atoms with Gasteiger partial charge in [-0.15, -0.1) is 0 Å². The Labute approximate surface area is 68.2 Å². The van der Waals surface area contributed by atoms with Gasteiger partial charge in [0, 0.05) is 0 Å².